The smallest absolute Gasteiger partial charge is 0.306 e. The molecule has 0 amide bonds. The van der Waals surface area contributed by atoms with Gasteiger partial charge in [0.25, 0.3) is 0 Å². The van der Waals surface area contributed by atoms with Gasteiger partial charge in [-0.15, -0.1) is 0 Å². The number of hydrogen-bond donors (Lipinski definition) is 0. The van der Waals surface area contributed by atoms with Crippen molar-refractivity contribution in [2.24, 2.45) is 0 Å². The number of ether oxygens (including phenoxy) is 3. The highest BCUT2D eigenvalue weighted by atomic mass is 16.6. The molecule has 6 heteroatoms. The molecule has 0 aromatic carbocycles. The topological polar surface area (TPSA) is 78.9 Å². The molecule has 75 heavy (non-hydrogen) atoms. The van der Waals surface area contributed by atoms with Crippen LogP contribution in [0.2, 0.25) is 0 Å². The van der Waals surface area contributed by atoms with E-state index in [1.807, 2.05) is 0 Å². The van der Waals surface area contributed by atoms with E-state index in [4.69, 9.17) is 14.2 Å². The zero-order chi connectivity index (χ0) is 54.3. The monoisotopic (exact) mass is 1040 g/mol. The predicted octanol–water partition coefficient (Wildman–Crippen LogP) is 21.4. The molecule has 0 bridgehead atoms. The quantitative estimate of drug-likeness (QED) is 0.0261. The molecule has 0 spiro atoms. The highest BCUT2D eigenvalue weighted by Crippen LogP contribution is 2.16. The van der Waals surface area contributed by atoms with Gasteiger partial charge in [0.1, 0.15) is 13.2 Å². The van der Waals surface area contributed by atoms with Crippen molar-refractivity contribution in [3.63, 3.8) is 0 Å². The van der Waals surface area contributed by atoms with Gasteiger partial charge in [-0.3, -0.25) is 14.4 Å². The summed E-state index contributed by atoms with van der Waals surface area (Å²) in [6, 6.07) is 0. The molecule has 0 aliphatic heterocycles. The van der Waals surface area contributed by atoms with Crippen molar-refractivity contribution < 1.29 is 28.6 Å². The largest absolute Gasteiger partial charge is 0.462 e. The second-order valence-corrected chi connectivity index (χ2v) is 20.6. The van der Waals surface area contributed by atoms with Crippen molar-refractivity contribution in [2.45, 2.75) is 297 Å². The summed E-state index contributed by atoms with van der Waals surface area (Å²) in [5.74, 6) is -0.956. The van der Waals surface area contributed by atoms with E-state index in [1.165, 1.54) is 148 Å². The van der Waals surface area contributed by atoms with Crippen LogP contribution in [-0.4, -0.2) is 37.2 Å². The third-order valence-electron chi connectivity index (χ3n) is 13.3. The Morgan fingerprint density at radius 2 is 0.533 bits per heavy atom. The van der Waals surface area contributed by atoms with Gasteiger partial charge in [-0.1, -0.05) is 278 Å². The molecule has 0 aliphatic carbocycles. The van der Waals surface area contributed by atoms with Crippen LogP contribution in [0.5, 0.6) is 0 Å². The average molecular weight is 1040 g/mol. The lowest BCUT2D eigenvalue weighted by Crippen LogP contribution is -2.30. The van der Waals surface area contributed by atoms with Crippen molar-refractivity contribution >= 4 is 17.9 Å². The van der Waals surface area contributed by atoms with E-state index in [0.29, 0.717) is 19.3 Å². The van der Waals surface area contributed by atoms with Crippen LogP contribution in [0, 0.1) is 0 Å². The van der Waals surface area contributed by atoms with E-state index >= 15 is 0 Å². The van der Waals surface area contributed by atoms with Gasteiger partial charge < -0.3 is 14.2 Å². The Hall–Kier alpha value is -3.93. The fourth-order valence-electron chi connectivity index (χ4n) is 8.58. The molecule has 0 aromatic rings. The van der Waals surface area contributed by atoms with Gasteiger partial charge >= 0.3 is 17.9 Å². The van der Waals surface area contributed by atoms with Gasteiger partial charge in [0.05, 0.1) is 0 Å². The molecule has 1 atom stereocenters. The molecule has 0 saturated heterocycles. The summed E-state index contributed by atoms with van der Waals surface area (Å²) < 4.78 is 16.9. The molecule has 0 saturated carbocycles. The van der Waals surface area contributed by atoms with Crippen molar-refractivity contribution in [2.75, 3.05) is 13.2 Å². The molecule has 1 unspecified atom stereocenters. The molecule has 0 heterocycles. The Kier molecular flexibility index (Phi) is 59.3. The zero-order valence-electron chi connectivity index (χ0n) is 49.0. The predicted molar refractivity (Wildman–Crippen MR) is 325 cm³/mol. The average Bonchev–Trinajstić information content (AvgIpc) is 3.41. The maximum Gasteiger partial charge on any atom is 0.306 e. The van der Waals surface area contributed by atoms with E-state index in [0.717, 1.165) is 96.3 Å². The van der Waals surface area contributed by atoms with E-state index in [-0.39, 0.29) is 37.5 Å². The summed E-state index contributed by atoms with van der Waals surface area (Å²) in [5.41, 5.74) is 0. The lowest BCUT2D eigenvalue weighted by atomic mass is 10.0. The zero-order valence-corrected chi connectivity index (χ0v) is 49.0. The summed E-state index contributed by atoms with van der Waals surface area (Å²) in [7, 11) is 0. The first-order valence-electron chi connectivity index (χ1n) is 31.4. The van der Waals surface area contributed by atoms with Gasteiger partial charge in [-0.25, -0.2) is 0 Å². The number of carbonyl (C=O) groups is 3. The molecular formula is C69H116O6. The first kappa shape index (κ1) is 71.1. The number of esters is 3. The fraction of sp³-hybridized carbons (Fsp3) is 0.696. The maximum atomic E-state index is 12.9. The number of rotatable bonds is 56. The second-order valence-electron chi connectivity index (χ2n) is 20.6. The summed E-state index contributed by atoms with van der Waals surface area (Å²) in [6.07, 6.45) is 85.2. The summed E-state index contributed by atoms with van der Waals surface area (Å²) >= 11 is 0. The molecule has 6 nitrogen and oxygen atoms in total. The van der Waals surface area contributed by atoms with Crippen molar-refractivity contribution in [3.05, 3.63) is 109 Å². The number of carbonyl (C=O) groups excluding carboxylic acids is 3. The Morgan fingerprint density at radius 1 is 0.280 bits per heavy atom. The van der Waals surface area contributed by atoms with E-state index in [2.05, 4.69) is 130 Å². The van der Waals surface area contributed by atoms with E-state index < -0.39 is 6.10 Å². The molecule has 0 N–H and O–H groups in total. The molecule has 0 aliphatic rings. The van der Waals surface area contributed by atoms with Crippen LogP contribution in [0.15, 0.2) is 109 Å². The number of allylic oxidation sites excluding steroid dienone is 18. The Bertz CT molecular complexity index is 1520. The molecule has 0 aromatic heterocycles. The van der Waals surface area contributed by atoms with E-state index in [1.54, 1.807) is 0 Å². The van der Waals surface area contributed by atoms with Crippen LogP contribution in [0.25, 0.3) is 0 Å². The van der Waals surface area contributed by atoms with Gasteiger partial charge in [-0.05, 0) is 103 Å². The SMILES string of the molecule is CC/C=C\C/C=C\C/C=C\C/C=C\C/C=C\C/C=C\C/C=C\CCCC(=O)OCC(COC(=O)CCCCCCCCCCCCCCC)OC(=O)CCCCCCCCCCC/C=C\C/C=C\CCCCCCC. The van der Waals surface area contributed by atoms with Crippen molar-refractivity contribution in [3.8, 4) is 0 Å². The number of unbranched alkanes of at least 4 members (excludes halogenated alkanes) is 27. The van der Waals surface area contributed by atoms with Gasteiger partial charge in [-0.2, -0.15) is 0 Å². The Balaban J connectivity index is 4.46. The minimum Gasteiger partial charge on any atom is -0.462 e. The first-order valence-corrected chi connectivity index (χ1v) is 31.4. The molecular weight excluding hydrogens is 925 g/mol. The second kappa shape index (κ2) is 62.6. The lowest BCUT2D eigenvalue weighted by molar-refractivity contribution is -0.167. The normalized spacial score (nSPS) is 12.8. The third kappa shape index (κ3) is 60.8. The number of hydrogen-bond acceptors (Lipinski definition) is 6. The Labute approximate surface area is 463 Å². The summed E-state index contributed by atoms with van der Waals surface area (Å²) in [6.45, 7) is 6.48. The fourth-order valence-corrected chi connectivity index (χ4v) is 8.58. The minimum atomic E-state index is -0.805. The highest BCUT2D eigenvalue weighted by Gasteiger charge is 2.19. The van der Waals surface area contributed by atoms with Crippen LogP contribution in [0.3, 0.4) is 0 Å². The van der Waals surface area contributed by atoms with Crippen LogP contribution in [-0.2, 0) is 28.6 Å². The van der Waals surface area contributed by atoms with Crippen LogP contribution < -0.4 is 0 Å². The van der Waals surface area contributed by atoms with E-state index in [9.17, 15) is 14.4 Å². The summed E-state index contributed by atoms with van der Waals surface area (Å²) in [5, 5.41) is 0. The molecule has 0 radical (unpaired) electrons. The highest BCUT2D eigenvalue weighted by molar-refractivity contribution is 5.71. The maximum absolute atomic E-state index is 12.9. The molecule has 428 valence electrons. The minimum absolute atomic E-state index is 0.0967. The molecule has 0 rings (SSSR count). The lowest BCUT2D eigenvalue weighted by Gasteiger charge is -2.18. The van der Waals surface area contributed by atoms with Gasteiger partial charge in [0.2, 0.25) is 0 Å². The van der Waals surface area contributed by atoms with Crippen LogP contribution >= 0.6 is 0 Å². The van der Waals surface area contributed by atoms with Crippen LogP contribution in [0.1, 0.15) is 290 Å². The van der Waals surface area contributed by atoms with Crippen molar-refractivity contribution in [1.29, 1.82) is 0 Å². The van der Waals surface area contributed by atoms with Gasteiger partial charge in [0, 0.05) is 19.3 Å². The molecule has 0 fully saturated rings. The van der Waals surface area contributed by atoms with Crippen molar-refractivity contribution in [1.82, 2.24) is 0 Å². The van der Waals surface area contributed by atoms with Crippen LogP contribution in [0.4, 0.5) is 0 Å². The third-order valence-corrected chi connectivity index (χ3v) is 13.3. The standard InChI is InChI=1S/C69H116O6/c1-4-7-10-13-16-19-22-25-27-29-31-33-34-36-37-39-41-44-47-50-53-56-59-62-68(71)74-65-66(64-73-67(70)61-58-55-52-49-46-43-24-21-18-15-12-9-6-3)75-69(72)63-60-57-54-51-48-45-42-40-38-35-32-30-28-26-23-20-17-14-11-8-5-2/h7,10,16,19,23,25-27,30-33,36-37,41,44,50,53,66H,4-6,8-9,11-15,17-18,20-22,24,28-29,34-35,38-40,42-43,45-49,51-52,54-65H2,1-3H3/b10-7-,19-16-,26-23-,27-25-,32-30-,33-31-,37-36-,44-41-,53-50-. The van der Waals surface area contributed by atoms with Gasteiger partial charge in [0.15, 0.2) is 6.10 Å². The first-order chi connectivity index (χ1) is 37.0. The Morgan fingerprint density at radius 3 is 0.867 bits per heavy atom. The summed E-state index contributed by atoms with van der Waals surface area (Å²) in [4.78, 5) is 38.3.